The fraction of sp³-hybridized carbons (Fsp3) is 0.0357. The Morgan fingerprint density at radius 2 is 1.12 bits per heavy atom. The molecule has 0 amide bonds. The highest BCUT2D eigenvalue weighted by Gasteiger charge is 2.23. The van der Waals surface area contributed by atoms with Crippen molar-refractivity contribution in [2.75, 3.05) is 4.90 Å². The van der Waals surface area contributed by atoms with E-state index in [4.69, 9.17) is 0 Å². The van der Waals surface area contributed by atoms with Gasteiger partial charge < -0.3 is 9.47 Å². The topological polar surface area (TPSA) is 8.17 Å². The first-order chi connectivity index (χ1) is 29.3. The maximum atomic E-state index is 2.57. The van der Waals surface area contributed by atoms with E-state index >= 15 is 0 Å². The van der Waals surface area contributed by atoms with Crippen LogP contribution in [0.15, 0.2) is 206 Å². The van der Waals surface area contributed by atoms with Crippen LogP contribution in [-0.2, 0) is 0 Å². The van der Waals surface area contributed by atoms with E-state index in [1.807, 2.05) is 11.3 Å². The smallest absolute Gasteiger partial charge is 0.0632 e. The number of benzene rings is 9. The molecule has 1 unspecified atom stereocenters. The molecule has 2 aromatic heterocycles. The Labute approximate surface area is 347 Å². The van der Waals surface area contributed by atoms with E-state index in [2.05, 4.69) is 222 Å². The van der Waals surface area contributed by atoms with Gasteiger partial charge in [0, 0.05) is 58.7 Å². The Kier molecular flexibility index (Phi) is 7.89. The van der Waals surface area contributed by atoms with Gasteiger partial charge in [-0.25, -0.2) is 0 Å². The monoisotopic (exact) mass is 770 g/mol. The van der Waals surface area contributed by atoms with E-state index in [0.717, 1.165) is 23.5 Å². The second-order valence-corrected chi connectivity index (χ2v) is 16.7. The summed E-state index contributed by atoms with van der Waals surface area (Å²) in [6, 6.07) is 74.0. The summed E-state index contributed by atoms with van der Waals surface area (Å²) in [5.74, 6) is 0. The standard InChI is InChI=1S/C56H38N2S/c1-3-16-44-38(12-1)14-9-23-51(44)57(43-33-28-40(29-34-43)46-20-11-21-49-48-19-6-8-25-55(48)59-56(46)49)42-31-26-37(27-32-42)41-30-35-54-50(36-41)47-18-5-7-22-53(47)58(54)52-24-10-15-39-13-2-4-17-45(39)52/h1-23,25-36,52H,24H2. The van der Waals surface area contributed by atoms with Gasteiger partial charge in [0.15, 0.2) is 0 Å². The van der Waals surface area contributed by atoms with Crippen LogP contribution in [0.2, 0.25) is 0 Å². The molecule has 0 aliphatic heterocycles. The third-order valence-corrected chi connectivity index (χ3v) is 13.6. The lowest BCUT2D eigenvalue weighted by Gasteiger charge is -2.27. The molecule has 11 aromatic rings. The zero-order valence-electron chi connectivity index (χ0n) is 32.3. The predicted octanol–water partition coefficient (Wildman–Crippen LogP) is 16.1. The third-order valence-electron chi connectivity index (χ3n) is 12.3. The number of para-hydroxylation sites is 1. The Balaban J connectivity index is 0.945. The van der Waals surface area contributed by atoms with Crippen LogP contribution in [0, 0.1) is 0 Å². The summed E-state index contributed by atoms with van der Waals surface area (Å²) in [6.45, 7) is 0. The van der Waals surface area contributed by atoms with E-state index < -0.39 is 0 Å². The number of rotatable bonds is 6. The van der Waals surface area contributed by atoms with Gasteiger partial charge in [0.25, 0.3) is 0 Å². The van der Waals surface area contributed by atoms with Crippen LogP contribution in [0.25, 0.3) is 81.1 Å². The van der Waals surface area contributed by atoms with E-state index in [1.54, 1.807) is 0 Å². The van der Waals surface area contributed by atoms with Crippen LogP contribution in [0.5, 0.6) is 0 Å². The molecule has 0 radical (unpaired) electrons. The number of allylic oxidation sites excluding steroid dienone is 1. The molecular formula is C56H38N2S. The van der Waals surface area contributed by atoms with Crippen molar-refractivity contribution in [2.45, 2.75) is 12.5 Å². The normalized spacial score (nSPS) is 13.8. The molecule has 1 aliphatic carbocycles. The number of aromatic nitrogens is 1. The number of fused-ring (bicyclic) bond motifs is 8. The van der Waals surface area contributed by atoms with Crippen LogP contribution < -0.4 is 4.90 Å². The molecule has 1 atom stereocenters. The molecule has 1 aliphatic rings. The predicted molar refractivity (Wildman–Crippen MR) is 254 cm³/mol. The minimum Gasteiger partial charge on any atom is -0.332 e. The van der Waals surface area contributed by atoms with Crippen LogP contribution in [-0.4, -0.2) is 4.57 Å². The van der Waals surface area contributed by atoms with Crippen LogP contribution >= 0.6 is 11.3 Å². The minimum atomic E-state index is 0.252. The highest BCUT2D eigenvalue weighted by atomic mass is 32.1. The van der Waals surface area contributed by atoms with Gasteiger partial charge in [-0.1, -0.05) is 158 Å². The van der Waals surface area contributed by atoms with Crippen molar-refractivity contribution in [2.24, 2.45) is 0 Å². The van der Waals surface area contributed by atoms with E-state index in [-0.39, 0.29) is 6.04 Å². The van der Waals surface area contributed by atoms with Gasteiger partial charge in [-0.3, -0.25) is 0 Å². The van der Waals surface area contributed by atoms with Crippen molar-refractivity contribution in [3.05, 3.63) is 217 Å². The lowest BCUT2D eigenvalue weighted by Crippen LogP contribution is -2.13. The van der Waals surface area contributed by atoms with Gasteiger partial charge >= 0.3 is 0 Å². The lowest BCUT2D eigenvalue weighted by atomic mass is 9.92. The Bertz CT molecular complexity index is 3420. The molecule has 0 saturated heterocycles. The number of anilines is 3. The lowest BCUT2D eigenvalue weighted by molar-refractivity contribution is 0.625. The van der Waals surface area contributed by atoms with Crippen LogP contribution in [0.1, 0.15) is 23.6 Å². The molecule has 0 saturated carbocycles. The summed E-state index contributed by atoms with van der Waals surface area (Å²) < 4.78 is 5.23. The fourth-order valence-electron chi connectivity index (χ4n) is 9.58. The first-order valence-corrected chi connectivity index (χ1v) is 21.3. The summed E-state index contributed by atoms with van der Waals surface area (Å²) in [7, 11) is 0. The molecular weight excluding hydrogens is 733 g/mol. The summed E-state index contributed by atoms with van der Waals surface area (Å²) in [5, 5.41) is 7.67. The molecule has 0 fully saturated rings. The molecule has 3 heteroatoms. The van der Waals surface area contributed by atoms with Gasteiger partial charge in [-0.05, 0) is 99.8 Å². The highest BCUT2D eigenvalue weighted by Crippen LogP contribution is 2.44. The maximum absolute atomic E-state index is 2.57. The third kappa shape index (κ3) is 5.54. The van der Waals surface area contributed by atoms with Crippen LogP contribution in [0.3, 0.4) is 0 Å². The van der Waals surface area contributed by atoms with E-state index in [0.29, 0.717) is 0 Å². The summed E-state index contributed by atoms with van der Waals surface area (Å²) >= 11 is 1.88. The first kappa shape index (κ1) is 33.9. The summed E-state index contributed by atoms with van der Waals surface area (Å²) in [6.07, 6.45) is 5.57. The van der Waals surface area contributed by atoms with Gasteiger partial charge in [0.1, 0.15) is 0 Å². The van der Waals surface area contributed by atoms with Crippen molar-refractivity contribution >= 4 is 87.2 Å². The maximum Gasteiger partial charge on any atom is 0.0632 e. The Morgan fingerprint density at radius 3 is 1.98 bits per heavy atom. The quantitative estimate of drug-likeness (QED) is 0.163. The molecule has 2 heterocycles. The number of hydrogen-bond donors (Lipinski definition) is 0. The zero-order valence-corrected chi connectivity index (χ0v) is 33.1. The molecule has 59 heavy (non-hydrogen) atoms. The van der Waals surface area contributed by atoms with Crippen molar-refractivity contribution in [3.63, 3.8) is 0 Å². The molecule has 278 valence electrons. The van der Waals surface area contributed by atoms with Crippen molar-refractivity contribution in [1.29, 1.82) is 0 Å². The highest BCUT2D eigenvalue weighted by molar-refractivity contribution is 7.26. The second-order valence-electron chi connectivity index (χ2n) is 15.6. The second kappa shape index (κ2) is 13.7. The van der Waals surface area contributed by atoms with Gasteiger partial charge in [0.2, 0.25) is 0 Å². The SMILES string of the molecule is C1=Cc2ccccc2C(n2c3ccccc3c3cc(-c4ccc(N(c5ccc(-c6cccc7c6sc6ccccc67)cc5)c5cccc6ccccc56)cc4)ccc32)C1. The average Bonchev–Trinajstić information content (AvgIpc) is 3.85. The van der Waals surface area contributed by atoms with Crippen molar-refractivity contribution in [3.8, 4) is 22.3 Å². The van der Waals surface area contributed by atoms with Gasteiger partial charge in [0.05, 0.1) is 11.7 Å². The van der Waals surface area contributed by atoms with Gasteiger partial charge in [-0.2, -0.15) is 0 Å². The van der Waals surface area contributed by atoms with E-state index in [1.165, 1.54) is 86.1 Å². The van der Waals surface area contributed by atoms with Crippen molar-refractivity contribution in [1.82, 2.24) is 4.57 Å². The Hall–Kier alpha value is -7.20. The largest absolute Gasteiger partial charge is 0.332 e. The fourth-order valence-corrected chi connectivity index (χ4v) is 10.8. The molecule has 9 aromatic carbocycles. The van der Waals surface area contributed by atoms with E-state index in [9.17, 15) is 0 Å². The molecule has 0 bridgehead atoms. The zero-order chi connectivity index (χ0) is 38.9. The first-order valence-electron chi connectivity index (χ1n) is 20.4. The summed E-state index contributed by atoms with van der Waals surface area (Å²) in [5.41, 5.74) is 13.6. The number of hydrogen-bond acceptors (Lipinski definition) is 2. The molecule has 12 rings (SSSR count). The van der Waals surface area contributed by atoms with Crippen LogP contribution in [0.4, 0.5) is 17.1 Å². The number of thiophene rings is 1. The molecule has 0 N–H and O–H groups in total. The summed E-state index contributed by atoms with van der Waals surface area (Å²) in [4.78, 5) is 2.41. The minimum absolute atomic E-state index is 0.252. The average molecular weight is 771 g/mol. The molecule has 2 nitrogen and oxygen atoms in total. The number of nitrogens with zero attached hydrogens (tertiary/aromatic N) is 2. The molecule has 0 spiro atoms. The Morgan fingerprint density at radius 1 is 0.475 bits per heavy atom. The van der Waals surface area contributed by atoms with Gasteiger partial charge in [-0.15, -0.1) is 11.3 Å². The van der Waals surface area contributed by atoms with Crippen molar-refractivity contribution < 1.29 is 0 Å².